The zero-order valence-electron chi connectivity index (χ0n) is 22.2. The molecular weight excluding hydrogens is 529 g/mol. The molecule has 0 aliphatic carbocycles. The van der Waals surface area contributed by atoms with Crippen LogP contribution in [0.1, 0.15) is 43.7 Å². The molecule has 40 heavy (non-hydrogen) atoms. The first-order valence-corrected chi connectivity index (χ1v) is 13.0. The molecule has 1 unspecified atom stereocenters. The fourth-order valence-electron chi connectivity index (χ4n) is 3.94. The summed E-state index contributed by atoms with van der Waals surface area (Å²) in [6.45, 7) is 1.64. The number of aliphatic carboxylic acids is 1. The van der Waals surface area contributed by atoms with Gasteiger partial charge in [-0.2, -0.15) is 13.2 Å². The van der Waals surface area contributed by atoms with Gasteiger partial charge < -0.3 is 15.2 Å². The zero-order valence-corrected chi connectivity index (χ0v) is 22.2. The van der Waals surface area contributed by atoms with E-state index >= 15 is 0 Å². The van der Waals surface area contributed by atoms with E-state index in [1.54, 1.807) is 43.3 Å². The maximum absolute atomic E-state index is 13.1. The van der Waals surface area contributed by atoms with Gasteiger partial charge in [0.25, 0.3) is 5.56 Å². The third-order valence-electron chi connectivity index (χ3n) is 6.18. The molecule has 3 aromatic rings. The Kier molecular flexibility index (Phi) is 10.9. The van der Waals surface area contributed by atoms with E-state index < -0.39 is 35.7 Å². The summed E-state index contributed by atoms with van der Waals surface area (Å²) in [7, 11) is 0. The number of unbranched alkanes of at least 4 members (excludes halogenated alkanes) is 1. The summed E-state index contributed by atoms with van der Waals surface area (Å²) in [6.07, 6.45) is -3.81. The Labute approximate surface area is 229 Å². The normalized spacial score (nSPS) is 12.2. The first-order chi connectivity index (χ1) is 19.0. The molecule has 2 N–H and O–H groups in total. The minimum Gasteiger partial charge on any atom is -0.492 e. The fourth-order valence-corrected chi connectivity index (χ4v) is 3.94. The lowest BCUT2D eigenvalue weighted by Crippen LogP contribution is -2.43. The first kappa shape index (κ1) is 30.5. The number of benzene rings is 2. The van der Waals surface area contributed by atoms with Crippen molar-refractivity contribution in [1.82, 2.24) is 14.3 Å². The molecule has 3 rings (SSSR count). The van der Waals surface area contributed by atoms with Crippen LogP contribution < -0.4 is 21.3 Å². The van der Waals surface area contributed by atoms with Crippen molar-refractivity contribution in [2.75, 3.05) is 18.5 Å². The Morgan fingerprint density at radius 1 is 1.05 bits per heavy atom. The number of halogens is 3. The van der Waals surface area contributed by atoms with Gasteiger partial charge in [-0.15, -0.1) is 5.10 Å². The number of rotatable bonds is 15. The molecule has 12 heteroatoms. The topological polar surface area (TPSA) is 115 Å². The smallest absolute Gasteiger partial charge is 0.389 e. The van der Waals surface area contributed by atoms with Crippen molar-refractivity contribution < 1.29 is 27.8 Å². The number of aryl methyl sites for hydroxylation is 2. The van der Waals surface area contributed by atoms with Crippen LogP contribution in [-0.2, 0) is 24.3 Å². The van der Waals surface area contributed by atoms with Crippen LogP contribution in [0.4, 0.5) is 19.0 Å². The average Bonchev–Trinajstić information content (AvgIpc) is 2.92. The summed E-state index contributed by atoms with van der Waals surface area (Å²) in [5.74, 6) is -1.08. The summed E-state index contributed by atoms with van der Waals surface area (Å²) < 4.78 is 45.5. The van der Waals surface area contributed by atoms with E-state index in [1.165, 1.54) is 0 Å². The Bertz CT molecular complexity index is 1370. The van der Waals surface area contributed by atoms with Crippen LogP contribution in [0.3, 0.4) is 0 Å². The minimum atomic E-state index is -4.36. The standard InChI is InChI=1S/C28H33F3N4O5/c1-20(26(37)38)19-40-23-14-6-5-12-22(23)13-7-8-16-32-24-25(36)34(18-21-10-3-2-4-11-21)27(39)35(33-24)17-9-15-28(29,30)31/h2-6,10-12,14,20H,7-9,13,15-19H2,1H3,(H,32,33)(H,37,38). The molecule has 9 nitrogen and oxygen atoms in total. The van der Waals surface area contributed by atoms with E-state index in [0.717, 1.165) is 14.8 Å². The lowest BCUT2D eigenvalue weighted by Gasteiger charge is -2.14. The van der Waals surface area contributed by atoms with Crippen LogP contribution >= 0.6 is 0 Å². The Balaban J connectivity index is 1.66. The quantitative estimate of drug-likeness (QED) is 0.265. The molecule has 0 bridgehead atoms. The Morgan fingerprint density at radius 2 is 1.75 bits per heavy atom. The highest BCUT2D eigenvalue weighted by atomic mass is 19.4. The van der Waals surface area contributed by atoms with Crippen molar-refractivity contribution in [3.05, 3.63) is 86.6 Å². The van der Waals surface area contributed by atoms with Crippen molar-refractivity contribution >= 4 is 11.8 Å². The lowest BCUT2D eigenvalue weighted by atomic mass is 10.1. The van der Waals surface area contributed by atoms with Crippen LogP contribution in [0.5, 0.6) is 5.75 Å². The van der Waals surface area contributed by atoms with E-state index in [4.69, 9.17) is 9.84 Å². The number of hydrogen-bond acceptors (Lipinski definition) is 6. The summed E-state index contributed by atoms with van der Waals surface area (Å²) in [5.41, 5.74) is 0.198. The number of carboxylic acids is 1. The van der Waals surface area contributed by atoms with Crippen LogP contribution in [0, 0.1) is 5.92 Å². The van der Waals surface area contributed by atoms with Gasteiger partial charge in [-0.05, 0) is 49.8 Å². The van der Waals surface area contributed by atoms with Crippen LogP contribution in [0.25, 0.3) is 0 Å². The van der Waals surface area contributed by atoms with Gasteiger partial charge in [0.05, 0.1) is 12.5 Å². The summed E-state index contributed by atoms with van der Waals surface area (Å²) in [6, 6.07) is 16.2. The minimum absolute atomic E-state index is 0.0355. The first-order valence-electron chi connectivity index (χ1n) is 13.0. The third kappa shape index (κ3) is 9.28. The summed E-state index contributed by atoms with van der Waals surface area (Å²) >= 11 is 0. The van der Waals surface area contributed by atoms with Crippen molar-refractivity contribution in [3.63, 3.8) is 0 Å². The van der Waals surface area contributed by atoms with Crippen LogP contribution in [-0.4, -0.2) is 44.8 Å². The van der Waals surface area contributed by atoms with Crippen molar-refractivity contribution in [1.29, 1.82) is 0 Å². The molecule has 0 aliphatic heterocycles. The molecule has 1 heterocycles. The molecule has 2 aromatic carbocycles. The van der Waals surface area contributed by atoms with Gasteiger partial charge in [-0.1, -0.05) is 48.5 Å². The van der Waals surface area contributed by atoms with Crippen LogP contribution in [0.15, 0.2) is 64.2 Å². The maximum atomic E-state index is 13.1. The van der Waals surface area contributed by atoms with Crippen molar-refractivity contribution in [2.24, 2.45) is 5.92 Å². The van der Waals surface area contributed by atoms with E-state index in [-0.39, 0.29) is 31.9 Å². The Morgan fingerprint density at radius 3 is 2.45 bits per heavy atom. The lowest BCUT2D eigenvalue weighted by molar-refractivity contribution is -0.142. The number of ether oxygens (including phenoxy) is 1. The SMILES string of the molecule is CC(COc1ccccc1CCCCNc1nn(CCCC(F)(F)F)c(=O)n(Cc2ccccc2)c1=O)C(=O)O. The van der Waals surface area contributed by atoms with Gasteiger partial charge in [0.15, 0.2) is 0 Å². The van der Waals surface area contributed by atoms with Gasteiger partial charge in [0.1, 0.15) is 12.4 Å². The highest BCUT2D eigenvalue weighted by Gasteiger charge is 2.26. The molecule has 0 saturated carbocycles. The summed E-state index contributed by atoms with van der Waals surface area (Å²) in [5, 5.41) is 16.0. The fraction of sp³-hybridized carbons (Fsp3) is 0.429. The molecule has 0 aliphatic rings. The second-order valence-electron chi connectivity index (χ2n) is 9.49. The van der Waals surface area contributed by atoms with E-state index in [1.807, 2.05) is 18.2 Å². The number of carbonyl (C=O) groups is 1. The summed E-state index contributed by atoms with van der Waals surface area (Å²) in [4.78, 5) is 37.0. The van der Waals surface area contributed by atoms with Gasteiger partial charge in [0.2, 0.25) is 5.82 Å². The van der Waals surface area contributed by atoms with Crippen LogP contribution in [0.2, 0.25) is 0 Å². The number of carboxylic acid groups (broad SMARTS) is 1. The number of nitrogens with one attached hydrogen (secondary N) is 1. The number of para-hydroxylation sites is 1. The second kappa shape index (κ2) is 14.3. The molecule has 1 atom stereocenters. The van der Waals surface area contributed by atoms with Gasteiger partial charge >= 0.3 is 17.8 Å². The van der Waals surface area contributed by atoms with Crippen molar-refractivity contribution in [2.45, 2.75) is 58.3 Å². The highest BCUT2D eigenvalue weighted by Crippen LogP contribution is 2.22. The average molecular weight is 563 g/mol. The van der Waals surface area contributed by atoms with E-state index in [0.29, 0.717) is 37.1 Å². The number of anilines is 1. The molecule has 1 aromatic heterocycles. The number of alkyl halides is 3. The third-order valence-corrected chi connectivity index (χ3v) is 6.18. The predicted octanol–water partition coefficient (Wildman–Crippen LogP) is 4.33. The van der Waals surface area contributed by atoms with E-state index in [9.17, 15) is 27.6 Å². The maximum Gasteiger partial charge on any atom is 0.389 e. The highest BCUT2D eigenvalue weighted by molar-refractivity contribution is 5.69. The number of aromatic nitrogens is 3. The molecule has 0 spiro atoms. The molecule has 0 saturated heterocycles. The molecule has 0 radical (unpaired) electrons. The van der Waals surface area contributed by atoms with Crippen molar-refractivity contribution in [3.8, 4) is 5.75 Å². The number of nitrogens with zero attached hydrogens (tertiary/aromatic N) is 3. The van der Waals surface area contributed by atoms with E-state index in [2.05, 4.69) is 10.4 Å². The molecule has 216 valence electrons. The number of hydrogen-bond donors (Lipinski definition) is 2. The molecule has 0 fully saturated rings. The van der Waals surface area contributed by atoms with Gasteiger partial charge in [0, 0.05) is 19.5 Å². The predicted molar refractivity (Wildman–Crippen MR) is 144 cm³/mol. The monoisotopic (exact) mass is 562 g/mol. The second-order valence-corrected chi connectivity index (χ2v) is 9.49. The largest absolute Gasteiger partial charge is 0.492 e. The van der Waals surface area contributed by atoms with Gasteiger partial charge in [-0.3, -0.25) is 14.2 Å². The molecular formula is C28H33F3N4O5. The Hall–Kier alpha value is -4.09. The van der Waals surface area contributed by atoms with Gasteiger partial charge in [-0.25, -0.2) is 9.48 Å². The zero-order chi connectivity index (χ0) is 29.1. The molecule has 0 amide bonds.